The maximum absolute atomic E-state index is 13.4. The fourth-order valence-corrected chi connectivity index (χ4v) is 8.01. The molecular formula is C34H44N4O4S. The van der Waals surface area contributed by atoms with Crippen LogP contribution < -0.4 is 10.6 Å². The molecular weight excluding hydrogens is 560 g/mol. The second kappa shape index (κ2) is 13.5. The van der Waals surface area contributed by atoms with Crippen molar-refractivity contribution < 1.29 is 18.0 Å². The summed E-state index contributed by atoms with van der Waals surface area (Å²) in [6, 6.07) is 14.7. The Hall–Kier alpha value is -3.43. The SMILES string of the molecule is CN(C)C(=O)c1ccccc1S(=O)(=O)c1ccc(CNC(=O)c2cc3c([nH]2)CCNC32CCCCCCCCCC2)cc1. The third kappa shape index (κ3) is 6.88. The minimum Gasteiger partial charge on any atom is -0.354 e. The van der Waals surface area contributed by atoms with Crippen LogP contribution in [-0.4, -0.2) is 50.8 Å². The first kappa shape index (κ1) is 31.0. The first-order valence-electron chi connectivity index (χ1n) is 15.6. The number of fused-ring (bicyclic) bond motifs is 2. The van der Waals surface area contributed by atoms with Crippen molar-refractivity contribution in [2.75, 3.05) is 20.6 Å². The van der Waals surface area contributed by atoms with Gasteiger partial charge in [0.15, 0.2) is 0 Å². The van der Waals surface area contributed by atoms with Crippen LogP contribution in [0.2, 0.25) is 0 Å². The summed E-state index contributed by atoms with van der Waals surface area (Å²) in [6.07, 6.45) is 13.3. The average molecular weight is 605 g/mol. The first-order valence-corrected chi connectivity index (χ1v) is 17.1. The normalized spacial score (nSPS) is 17.4. The summed E-state index contributed by atoms with van der Waals surface area (Å²) >= 11 is 0. The van der Waals surface area contributed by atoms with Gasteiger partial charge >= 0.3 is 0 Å². The van der Waals surface area contributed by atoms with Gasteiger partial charge in [-0.05, 0) is 54.3 Å². The van der Waals surface area contributed by atoms with Gasteiger partial charge in [-0.2, -0.15) is 0 Å². The average Bonchev–Trinajstić information content (AvgIpc) is 3.44. The van der Waals surface area contributed by atoms with E-state index >= 15 is 0 Å². The molecule has 1 aliphatic heterocycles. The van der Waals surface area contributed by atoms with Crippen LogP contribution in [0, 0.1) is 0 Å². The van der Waals surface area contributed by atoms with Gasteiger partial charge in [-0.3, -0.25) is 9.59 Å². The van der Waals surface area contributed by atoms with E-state index in [1.54, 1.807) is 38.4 Å². The molecule has 0 radical (unpaired) electrons. The first-order chi connectivity index (χ1) is 20.7. The Bertz CT molecular complexity index is 1530. The lowest BCUT2D eigenvalue weighted by Crippen LogP contribution is -2.47. The molecule has 1 aromatic heterocycles. The van der Waals surface area contributed by atoms with Gasteiger partial charge in [0.05, 0.1) is 15.4 Å². The lowest BCUT2D eigenvalue weighted by Gasteiger charge is -2.39. The molecule has 0 unspecified atom stereocenters. The van der Waals surface area contributed by atoms with E-state index in [1.807, 2.05) is 0 Å². The summed E-state index contributed by atoms with van der Waals surface area (Å²) in [5.74, 6) is -0.545. The van der Waals surface area contributed by atoms with Gasteiger partial charge in [0.2, 0.25) is 9.84 Å². The Morgan fingerprint density at radius 1 is 0.884 bits per heavy atom. The second-order valence-electron chi connectivity index (χ2n) is 12.2. The van der Waals surface area contributed by atoms with Crippen LogP contribution in [0.15, 0.2) is 64.4 Å². The minimum atomic E-state index is -3.91. The summed E-state index contributed by atoms with van der Waals surface area (Å²) in [5, 5.41) is 6.86. The van der Waals surface area contributed by atoms with Crippen LogP contribution in [-0.2, 0) is 28.3 Å². The van der Waals surface area contributed by atoms with E-state index in [-0.39, 0.29) is 39.3 Å². The maximum Gasteiger partial charge on any atom is 0.267 e. The molecule has 0 atom stereocenters. The number of H-pyrrole nitrogens is 1. The number of nitrogens with zero attached hydrogens (tertiary/aromatic N) is 1. The third-order valence-electron chi connectivity index (χ3n) is 8.95. The quantitative estimate of drug-likeness (QED) is 0.333. The largest absolute Gasteiger partial charge is 0.354 e. The van der Waals surface area contributed by atoms with Gasteiger partial charge in [0.1, 0.15) is 5.69 Å². The molecule has 2 amide bonds. The summed E-state index contributed by atoms with van der Waals surface area (Å²) in [5.41, 5.74) is 3.85. The molecule has 0 bridgehead atoms. The second-order valence-corrected chi connectivity index (χ2v) is 14.1. The van der Waals surface area contributed by atoms with Crippen molar-refractivity contribution in [1.82, 2.24) is 20.5 Å². The van der Waals surface area contributed by atoms with E-state index < -0.39 is 9.84 Å². The number of nitrogens with one attached hydrogen (secondary N) is 3. The highest BCUT2D eigenvalue weighted by Gasteiger charge is 2.37. The Morgan fingerprint density at radius 3 is 2.16 bits per heavy atom. The molecule has 3 N–H and O–H groups in total. The summed E-state index contributed by atoms with van der Waals surface area (Å²) < 4.78 is 26.8. The van der Waals surface area contributed by atoms with Gasteiger partial charge < -0.3 is 20.5 Å². The summed E-state index contributed by atoms with van der Waals surface area (Å²) in [6.45, 7) is 1.18. The number of aromatic amines is 1. The molecule has 2 aromatic carbocycles. The van der Waals surface area contributed by atoms with Gasteiger partial charge in [-0.25, -0.2) is 8.42 Å². The summed E-state index contributed by atoms with van der Waals surface area (Å²) in [4.78, 5) is 30.7. The molecule has 2 aliphatic rings. The number of carbonyl (C=O) groups excluding carboxylic acids is 2. The number of aromatic nitrogens is 1. The zero-order valence-corrected chi connectivity index (χ0v) is 26.2. The van der Waals surface area contributed by atoms with Gasteiger partial charge in [0.25, 0.3) is 11.8 Å². The predicted octanol–water partition coefficient (Wildman–Crippen LogP) is 5.73. The maximum atomic E-state index is 13.4. The number of hydrogen-bond donors (Lipinski definition) is 3. The molecule has 1 fully saturated rings. The van der Waals surface area contributed by atoms with Gasteiger partial charge in [-0.1, -0.05) is 75.6 Å². The molecule has 8 nitrogen and oxygen atoms in total. The number of carbonyl (C=O) groups is 2. The Kier molecular flexibility index (Phi) is 9.72. The van der Waals surface area contributed by atoms with E-state index in [9.17, 15) is 18.0 Å². The van der Waals surface area contributed by atoms with Crippen molar-refractivity contribution in [3.05, 3.63) is 82.7 Å². The Labute approximate surface area is 255 Å². The van der Waals surface area contributed by atoms with Crippen LogP contribution >= 0.6 is 0 Å². The topological polar surface area (TPSA) is 111 Å². The zero-order valence-electron chi connectivity index (χ0n) is 25.4. The fourth-order valence-electron chi connectivity index (χ4n) is 6.56. The zero-order chi connectivity index (χ0) is 30.5. The van der Waals surface area contributed by atoms with E-state index in [0.717, 1.165) is 31.4 Å². The number of amides is 2. The molecule has 9 heteroatoms. The van der Waals surface area contributed by atoms with Crippen LogP contribution in [0.4, 0.5) is 0 Å². The summed E-state index contributed by atoms with van der Waals surface area (Å²) in [7, 11) is -0.730. The highest BCUT2D eigenvalue weighted by molar-refractivity contribution is 7.91. The van der Waals surface area contributed by atoms with Crippen LogP contribution in [0.3, 0.4) is 0 Å². The number of hydrogen-bond acceptors (Lipinski definition) is 5. The fraction of sp³-hybridized carbons (Fsp3) is 0.471. The molecule has 1 spiro atoms. The monoisotopic (exact) mass is 604 g/mol. The molecule has 1 saturated carbocycles. The predicted molar refractivity (Wildman–Crippen MR) is 168 cm³/mol. The van der Waals surface area contributed by atoms with Gasteiger partial charge in [-0.15, -0.1) is 0 Å². The smallest absolute Gasteiger partial charge is 0.267 e. The highest BCUT2D eigenvalue weighted by atomic mass is 32.2. The number of sulfone groups is 1. The number of rotatable bonds is 6. The van der Waals surface area contributed by atoms with Crippen molar-refractivity contribution in [1.29, 1.82) is 0 Å². The molecule has 0 saturated heterocycles. The van der Waals surface area contributed by atoms with E-state index in [0.29, 0.717) is 5.69 Å². The van der Waals surface area contributed by atoms with Crippen LogP contribution in [0.25, 0.3) is 0 Å². The van der Waals surface area contributed by atoms with Crippen molar-refractivity contribution >= 4 is 21.7 Å². The molecule has 3 aromatic rings. The molecule has 5 rings (SSSR count). The lowest BCUT2D eigenvalue weighted by atomic mass is 9.78. The number of benzene rings is 2. The van der Waals surface area contributed by atoms with E-state index in [1.165, 1.54) is 91.8 Å². The molecule has 43 heavy (non-hydrogen) atoms. The minimum absolute atomic E-state index is 0.0243. The Morgan fingerprint density at radius 2 is 1.51 bits per heavy atom. The molecule has 1 aliphatic carbocycles. The van der Waals surface area contributed by atoms with Crippen LogP contribution in [0.1, 0.15) is 102 Å². The lowest BCUT2D eigenvalue weighted by molar-refractivity contribution is 0.0823. The van der Waals surface area contributed by atoms with E-state index in [2.05, 4.69) is 21.7 Å². The Balaban J connectivity index is 1.27. The third-order valence-corrected chi connectivity index (χ3v) is 10.8. The van der Waals surface area contributed by atoms with Crippen molar-refractivity contribution in [2.45, 2.75) is 92.5 Å². The standard InChI is InChI=1S/C34H44N4O4S/c1-38(2)33(40)27-13-9-10-14-31(27)43(41,42)26-17-15-25(16-18-26)24-35-32(39)30-23-28-29(37-30)19-22-36-34(28)20-11-7-5-3-4-6-8-12-21-34/h9-10,13-18,23,36-37H,3-8,11-12,19-22,24H2,1-2H3,(H,35,39). The molecule has 230 valence electrons. The van der Waals surface area contributed by atoms with Crippen molar-refractivity contribution in [3.63, 3.8) is 0 Å². The van der Waals surface area contributed by atoms with E-state index in [4.69, 9.17) is 0 Å². The highest BCUT2D eigenvalue weighted by Crippen LogP contribution is 2.39. The van der Waals surface area contributed by atoms with Gasteiger partial charge in [0, 0.05) is 44.8 Å². The molecule has 2 heterocycles. The van der Waals surface area contributed by atoms with Crippen molar-refractivity contribution in [3.8, 4) is 0 Å². The van der Waals surface area contributed by atoms with Crippen molar-refractivity contribution in [2.24, 2.45) is 0 Å². The van der Waals surface area contributed by atoms with Crippen LogP contribution in [0.5, 0.6) is 0 Å².